The van der Waals surface area contributed by atoms with E-state index in [-0.39, 0.29) is 28.4 Å². The van der Waals surface area contributed by atoms with Gasteiger partial charge in [0.25, 0.3) is 10.0 Å². The molecule has 0 unspecified atom stereocenters. The fourth-order valence-corrected chi connectivity index (χ4v) is 6.57. The van der Waals surface area contributed by atoms with Crippen molar-refractivity contribution in [2.75, 3.05) is 29.8 Å². The molecule has 2 aliphatic heterocycles. The lowest BCUT2D eigenvalue weighted by atomic mass is 9.94. The summed E-state index contributed by atoms with van der Waals surface area (Å²) in [6.45, 7) is 1.000. The van der Waals surface area contributed by atoms with E-state index in [4.69, 9.17) is 11.6 Å². The molecule has 2 fully saturated rings. The highest BCUT2D eigenvalue weighted by Crippen LogP contribution is 2.43. The van der Waals surface area contributed by atoms with Crippen LogP contribution in [0.4, 0.5) is 19.6 Å². The van der Waals surface area contributed by atoms with Crippen LogP contribution in [-0.2, 0) is 10.0 Å². The average molecular weight is 463 g/mol. The maximum Gasteiger partial charge on any atom is 0.266 e. The van der Waals surface area contributed by atoms with Crippen molar-refractivity contribution in [3.8, 4) is 0 Å². The predicted octanol–water partition coefficient (Wildman–Crippen LogP) is 4.11. The van der Waals surface area contributed by atoms with Crippen LogP contribution in [0.2, 0.25) is 5.02 Å². The number of hydrogen-bond donors (Lipinski definition) is 2. The third-order valence-electron chi connectivity index (χ3n) is 5.79. The number of fused-ring (bicyclic) bond motifs is 1. The van der Waals surface area contributed by atoms with E-state index in [1.54, 1.807) is 5.38 Å². The Bertz CT molecular complexity index is 990. The van der Waals surface area contributed by atoms with Gasteiger partial charge in [-0.2, -0.15) is 0 Å². The first kappa shape index (κ1) is 20.8. The van der Waals surface area contributed by atoms with Gasteiger partial charge in [0, 0.05) is 29.7 Å². The molecule has 1 aromatic heterocycles. The second-order valence-electron chi connectivity index (χ2n) is 7.43. The van der Waals surface area contributed by atoms with Gasteiger partial charge in [-0.25, -0.2) is 22.2 Å². The topological polar surface area (TPSA) is 74.3 Å². The largest absolute Gasteiger partial charge is 0.382 e. The molecule has 0 spiro atoms. The Morgan fingerprint density at radius 2 is 2.21 bits per heavy atom. The van der Waals surface area contributed by atoms with Gasteiger partial charge in [0.05, 0.1) is 10.7 Å². The van der Waals surface area contributed by atoms with E-state index in [0.29, 0.717) is 12.2 Å². The molecule has 0 radical (unpaired) electrons. The van der Waals surface area contributed by atoms with Gasteiger partial charge in [0.1, 0.15) is 17.4 Å². The molecule has 0 aliphatic carbocycles. The van der Waals surface area contributed by atoms with E-state index in [1.165, 1.54) is 6.20 Å². The zero-order valence-corrected chi connectivity index (χ0v) is 17.9. The van der Waals surface area contributed by atoms with Crippen LogP contribution in [0.3, 0.4) is 0 Å². The van der Waals surface area contributed by atoms with Crippen LogP contribution < -0.4 is 10.0 Å². The molecule has 158 valence electrons. The molecule has 6 nitrogen and oxygen atoms in total. The molecule has 11 heteroatoms. The van der Waals surface area contributed by atoms with Crippen LogP contribution in [0, 0.1) is 5.82 Å². The number of nitrogens with one attached hydrogen (secondary N) is 2. The summed E-state index contributed by atoms with van der Waals surface area (Å²) in [6, 6.07) is 2.13. The Morgan fingerprint density at radius 3 is 2.93 bits per heavy atom. The maximum atomic E-state index is 14.6. The predicted molar refractivity (Wildman–Crippen MR) is 110 cm³/mol. The van der Waals surface area contributed by atoms with Crippen molar-refractivity contribution >= 4 is 43.8 Å². The number of thiazole rings is 1. The molecule has 4 rings (SSSR count). The van der Waals surface area contributed by atoms with E-state index >= 15 is 0 Å². The summed E-state index contributed by atoms with van der Waals surface area (Å²) >= 11 is 7.35. The minimum atomic E-state index is -4.15. The second kappa shape index (κ2) is 7.98. The monoisotopic (exact) mass is 462 g/mol. The zero-order chi connectivity index (χ0) is 20.6. The molecule has 29 heavy (non-hydrogen) atoms. The van der Waals surface area contributed by atoms with Crippen molar-refractivity contribution < 1.29 is 17.2 Å². The third kappa shape index (κ3) is 3.95. The van der Waals surface area contributed by atoms with Gasteiger partial charge in [-0.1, -0.05) is 11.6 Å². The lowest BCUT2D eigenvalue weighted by molar-refractivity contribution is 0.142. The van der Waals surface area contributed by atoms with Gasteiger partial charge in [-0.15, -0.1) is 11.3 Å². The highest BCUT2D eigenvalue weighted by Gasteiger charge is 2.48. The molecule has 2 aliphatic rings. The molecule has 2 aromatic rings. The molecular weight excluding hydrogens is 442 g/mol. The van der Waals surface area contributed by atoms with E-state index in [9.17, 15) is 17.2 Å². The van der Waals surface area contributed by atoms with Crippen LogP contribution in [0.5, 0.6) is 0 Å². The smallest absolute Gasteiger partial charge is 0.266 e. The summed E-state index contributed by atoms with van der Waals surface area (Å²) < 4.78 is 55.1. The fraction of sp³-hybridized carbons (Fsp3) is 0.500. The number of rotatable bonds is 7. The van der Waals surface area contributed by atoms with Gasteiger partial charge < -0.3 is 5.32 Å². The summed E-state index contributed by atoms with van der Waals surface area (Å²) in [5.74, 6) is -0.908. The molecule has 3 heterocycles. The van der Waals surface area contributed by atoms with Crippen LogP contribution in [0.15, 0.2) is 28.6 Å². The molecule has 2 N–H and O–H groups in total. The van der Waals surface area contributed by atoms with Gasteiger partial charge in [-0.3, -0.25) is 9.62 Å². The van der Waals surface area contributed by atoms with Gasteiger partial charge >= 0.3 is 0 Å². The number of nitrogens with zero attached hydrogens (tertiary/aromatic N) is 2. The van der Waals surface area contributed by atoms with E-state index in [0.717, 1.165) is 55.7 Å². The normalized spacial score (nSPS) is 24.6. The first-order valence-corrected chi connectivity index (χ1v) is 12.1. The first-order valence-electron chi connectivity index (χ1n) is 9.33. The van der Waals surface area contributed by atoms with E-state index < -0.39 is 20.7 Å². The van der Waals surface area contributed by atoms with Crippen LogP contribution in [-0.4, -0.2) is 49.6 Å². The van der Waals surface area contributed by atoms with Gasteiger partial charge in [0.2, 0.25) is 0 Å². The number of halogens is 3. The van der Waals surface area contributed by atoms with Gasteiger partial charge in [-0.05, 0) is 44.4 Å². The summed E-state index contributed by atoms with van der Waals surface area (Å²) in [5.41, 5.74) is 0.163. The van der Waals surface area contributed by atoms with Crippen molar-refractivity contribution in [3.63, 3.8) is 0 Å². The number of anilines is 2. The van der Waals surface area contributed by atoms with Crippen molar-refractivity contribution in [3.05, 3.63) is 34.5 Å². The molecule has 0 saturated carbocycles. The highest BCUT2D eigenvalue weighted by molar-refractivity contribution is 7.93. The average Bonchev–Trinajstić information content (AvgIpc) is 3.38. The number of benzene rings is 1. The Hall–Kier alpha value is -1.49. The van der Waals surface area contributed by atoms with Crippen LogP contribution in [0.1, 0.15) is 25.7 Å². The highest BCUT2D eigenvalue weighted by atomic mass is 35.5. The Kier molecular flexibility index (Phi) is 5.71. The summed E-state index contributed by atoms with van der Waals surface area (Å²) in [7, 11) is -4.15. The fourth-order valence-electron chi connectivity index (χ4n) is 4.40. The summed E-state index contributed by atoms with van der Waals surface area (Å²) in [5, 5.41) is 5.02. The maximum absolute atomic E-state index is 14.6. The molecular formula is C18H21ClF2N4O2S2. The number of aromatic nitrogens is 1. The molecule has 1 aromatic carbocycles. The molecule has 2 saturated heterocycles. The van der Waals surface area contributed by atoms with Gasteiger partial charge in [0.15, 0.2) is 5.13 Å². The zero-order valence-electron chi connectivity index (χ0n) is 15.5. The van der Waals surface area contributed by atoms with Crippen molar-refractivity contribution in [2.45, 2.75) is 42.2 Å². The summed E-state index contributed by atoms with van der Waals surface area (Å²) in [6.07, 6.45) is 5.07. The summed E-state index contributed by atoms with van der Waals surface area (Å²) in [4.78, 5) is 5.51. The minimum absolute atomic E-state index is 0.0593. The van der Waals surface area contributed by atoms with Crippen LogP contribution in [0.25, 0.3) is 0 Å². The number of alkyl halides is 1. The first-order chi connectivity index (χ1) is 13.8. The lowest BCUT2D eigenvalue weighted by Crippen LogP contribution is -2.47. The van der Waals surface area contributed by atoms with Crippen molar-refractivity contribution in [1.82, 2.24) is 9.88 Å². The molecule has 2 atom stereocenters. The SMILES string of the molecule is O=S(=O)(Nc1nccs1)c1cc(Cl)c(NC[C@@]23CCCN2[C@@H](CF)CC3)cc1F. The standard InChI is InChI=1S/C18H21ClF2N4O2S2/c19-13-8-16(29(26,27)24-17-22-5-7-28-17)14(21)9-15(13)23-11-18-3-1-6-25(18)12(10-20)2-4-18/h5,7-9,12,23H,1-4,6,10-11H2,(H,22,24)/t12-,18+/m1/s1. The van der Waals surface area contributed by atoms with E-state index in [2.05, 4.69) is 19.9 Å². The lowest BCUT2D eigenvalue weighted by Gasteiger charge is -2.35. The Morgan fingerprint density at radius 1 is 1.38 bits per heavy atom. The number of sulfonamides is 1. The molecule has 0 amide bonds. The Labute approximate surface area is 177 Å². The van der Waals surface area contributed by atoms with E-state index in [1.807, 2.05) is 0 Å². The van der Waals surface area contributed by atoms with Crippen molar-refractivity contribution in [1.29, 1.82) is 0 Å². The second-order valence-corrected chi connectivity index (χ2v) is 10.4. The third-order valence-corrected chi connectivity index (χ3v) is 8.27. The minimum Gasteiger partial charge on any atom is -0.382 e. The Balaban J connectivity index is 1.52. The van der Waals surface area contributed by atoms with Crippen LogP contribution >= 0.6 is 22.9 Å². The number of hydrogen-bond acceptors (Lipinski definition) is 6. The quantitative estimate of drug-likeness (QED) is 0.647. The molecule has 0 bridgehead atoms. The van der Waals surface area contributed by atoms with Crippen molar-refractivity contribution in [2.24, 2.45) is 0 Å².